The summed E-state index contributed by atoms with van der Waals surface area (Å²) in [5.41, 5.74) is 3.21. The van der Waals surface area contributed by atoms with Crippen LogP contribution in [0.2, 0.25) is 0 Å². The van der Waals surface area contributed by atoms with Crippen LogP contribution in [0.3, 0.4) is 0 Å². The Balaban J connectivity index is 0.916. The molecule has 260 valence electrons. The van der Waals surface area contributed by atoms with E-state index in [-0.39, 0.29) is 36.5 Å². The molecule has 2 heterocycles. The molecule has 50 heavy (non-hydrogen) atoms. The van der Waals surface area contributed by atoms with Gasteiger partial charge in [-0.15, -0.1) is 10.1 Å². The Labute approximate surface area is 286 Å². The van der Waals surface area contributed by atoms with Crippen LogP contribution in [-0.2, 0) is 42.0 Å². The molecular weight excluding hydrogens is 656 g/mol. The van der Waals surface area contributed by atoms with E-state index in [0.29, 0.717) is 50.1 Å². The van der Waals surface area contributed by atoms with Crippen LogP contribution in [0.1, 0.15) is 24.0 Å². The highest BCUT2D eigenvalue weighted by Gasteiger charge is 2.28. The molecule has 2 atom stereocenters. The van der Waals surface area contributed by atoms with Crippen LogP contribution < -0.4 is 0 Å². The third-order valence-corrected chi connectivity index (χ3v) is 8.44. The summed E-state index contributed by atoms with van der Waals surface area (Å²) in [6, 6.07) is 21.1. The zero-order valence-electron chi connectivity index (χ0n) is 26.9. The maximum absolute atomic E-state index is 14.4. The number of carbonyl (C=O) groups is 2. The van der Waals surface area contributed by atoms with Gasteiger partial charge in [-0.3, -0.25) is 0 Å². The van der Waals surface area contributed by atoms with Gasteiger partial charge >= 0.3 is 11.9 Å². The number of hydroxylamine groups is 4. The van der Waals surface area contributed by atoms with Gasteiger partial charge in [0.15, 0.2) is 0 Å². The Morgan fingerprint density at radius 1 is 0.600 bits per heavy atom. The predicted octanol–water partition coefficient (Wildman–Crippen LogP) is 6.93. The minimum atomic E-state index is -0.751. The van der Waals surface area contributed by atoms with Crippen molar-refractivity contribution in [3.8, 4) is 22.3 Å². The van der Waals surface area contributed by atoms with Gasteiger partial charge in [-0.1, -0.05) is 48.5 Å². The molecule has 0 aromatic heterocycles. The zero-order chi connectivity index (χ0) is 35.0. The summed E-state index contributed by atoms with van der Waals surface area (Å²) in [7, 11) is 0. The van der Waals surface area contributed by atoms with Crippen LogP contribution in [0.25, 0.3) is 22.3 Å². The number of rotatable bonds is 12. The highest BCUT2D eigenvalue weighted by molar-refractivity contribution is 5.91. The summed E-state index contributed by atoms with van der Waals surface area (Å²) in [5, 5.41) is 2.89. The molecule has 0 radical (unpaired) electrons. The lowest BCUT2D eigenvalue weighted by Gasteiger charge is -2.17. The van der Waals surface area contributed by atoms with Crippen LogP contribution >= 0.6 is 0 Å². The van der Waals surface area contributed by atoms with Crippen molar-refractivity contribution in [3.63, 3.8) is 0 Å². The third-order valence-electron chi connectivity index (χ3n) is 8.44. The Bertz CT molecular complexity index is 1740. The molecule has 0 spiro atoms. The lowest BCUT2D eigenvalue weighted by Crippen LogP contribution is -2.27. The van der Waals surface area contributed by atoms with Crippen LogP contribution in [0, 0.1) is 23.3 Å². The Hall–Kier alpha value is -4.88. The second-order valence-electron chi connectivity index (χ2n) is 11.9. The maximum Gasteiger partial charge on any atom is 0.349 e. The molecule has 0 N–H and O–H groups in total. The molecule has 4 aromatic rings. The quantitative estimate of drug-likeness (QED) is 0.117. The second-order valence-corrected chi connectivity index (χ2v) is 11.9. The topological polar surface area (TPSA) is 77.5 Å². The smallest absolute Gasteiger partial charge is 0.349 e. The summed E-state index contributed by atoms with van der Waals surface area (Å²) in [6.45, 7) is 1.79. The monoisotopic (exact) mass is 690 g/mol. The molecule has 8 nitrogen and oxygen atoms in total. The normalized spacial score (nSPS) is 18.2. The maximum atomic E-state index is 14.4. The molecule has 0 bridgehead atoms. The number of benzene rings is 4. The molecule has 2 aliphatic rings. The van der Waals surface area contributed by atoms with E-state index in [1.807, 2.05) is 24.3 Å². The van der Waals surface area contributed by atoms with E-state index in [4.69, 9.17) is 19.1 Å². The molecule has 2 saturated heterocycles. The molecule has 4 aromatic carbocycles. The number of halogens is 4. The molecule has 0 saturated carbocycles. The number of nitrogens with zero attached hydrogens (tertiary/aromatic N) is 2. The standard InChI is InChI=1S/C38H34F4N2O6/c39-27-9-11-33(35(41)19-27)31-7-3-1-5-25(31)23-47-29-15-17-43(21-29)49-37(45)13-14-38(46)50-44-18-16-30(22-44)48-24-26-6-2-4-8-32(26)34-12-10-28(40)20-36(34)42/h1-14,19-20,29-30H,15-18,21-24H2/b14-13+/t29-,30-/m0/s1. The number of hydrogen-bond donors (Lipinski definition) is 0. The Kier molecular flexibility index (Phi) is 11.3. The van der Waals surface area contributed by atoms with Crippen molar-refractivity contribution in [1.82, 2.24) is 10.1 Å². The van der Waals surface area contributed by atoms with Gasteiger partial charge in [-0.25, -0.2) is 27.2 Å². The Morgan fingerprint density at radius 3 is 1.44 bits per heavy atom. The lowest BCUT2D eigenvalue weighted by atomic mass is 9.99. The van der Waals surface area contributed by atoms with E-state index in [1.165, 1.54) is 34.4 Å². The minimum absolute atomic E-state index is 0.177. The molecule has 2 aliphatic heterocycles. The molecule has 0 aliphatic carbocycles. The van der Waals surface area contributed by atoms with E-state index in [2.05, 4.69) is 0 Å². The lowest BCUT2D eigenvalue weighted by molar-refractivity contribution is -0.183. The SMILES string of the molecule is O=C(/C=C/C(=O)ON1CC[C@H](OCc2ccccc2-c2ccc(F)cc2F)C1)ON1CC[C@H](OCc2ccccc2-c2ccc(F)cc2F)C1. The van der Waals surface area contributed by atoms with Gasteiger partial charge < -0.3 is 19.1 Å². The van der Waals surface area contributed by atoms with Crippen molar-refractivity contribution < 1.29 is 46.3 Å². The first-order valence-electron chi connectivity index (χ1n) is 16.1. The van der Waals surface area contributed by atoms with Crippen LogP contribution in [-0.4, -0.2) is 60.5 Å². The van der Waals surface area contributed by atoms with E-state index < -0.39 is 35.2 Å². The molecule has 6 rings (SSSR count). The predicted molar refractivity (Wildman–Crippen MR) is 174 cm³/mol. The first-order chi connectivity index (χ1) is 24.2. The Morgan fingerprint density at radius 2 is 1.02 bits per heavy atom. The van der Waals surface area contributed by atoms with E-state index >= 15 is 0 Å². The van der Waals surface area contributed by atoms with Crippen molar-refractivity contribution in [2.24, 2.45) is 0 Å². The molecule has 0 unspecified atom stereocenters. The fourth-order valence-corrected chi connectivity index (χ4v) is 5.93. The summed E-state index contributed by atoms with van der Waals surface area (Å²) in [5.74, 6) is -4.14. The van der Waals surface area contributed by atoms with Crippen LogP contribution in [0.4, 0.5) is 17.6 Å². The van der Waals surface area contributed by atoms with Gasteiger partial charge in [0.25, 0.3) is 0 Å². The molecule has 0 amide bonds. The average molecular weight is 691 g/mol. The first kappa shape index (κ1) is 35.0. The third kappa shape index (κ3) is 9.01. The fraction of sp³-hybridized carbons (Fsp3) is 0.263. The van der Waals surface area contributed by atoms with E-state index in [0.717, 1.165) is 35.4 Å². The average Bonchev–Trinajstić information content (AvgIpc) is 3.75. The first-order valence-corrected chi connectivity index (χ1v) is 16.1. The van der Waals surface area contributed by atoms with Gasteiger partial charge in [0.1, 0.15) is 23.3 Å². The highest BCUT2D eigenvalue weighted by atomic mass is 19.1. The molecular formula is C38H34F4N2O6. The number of carbonyl (C=O) groups excluding carboxylic acids is 2. The van der Waals surface area contributed by atoms with Crippen molar-refractivity contribution in [1.29, 1.82) is 0 Å². The van der Waals surface area contributed by atoms with Gasteiger partial charge in [0.05, 0.1) is 38.5 Å². The molecule has 2 fully saturated rings. The van der Waals surface area contributed by atoms with Crippen molar-refractivity contribution in [2.45, 2.75) is 38.3 Å². The summed E-state index contributed by atoms with van der Waals surface area (Å²) in [6.07, 6.45) is 2.62. The highest BCUT2D eigenvalue weighted by Crippen LogP contribution is 2.30. The van der Waals surface area contributed by atoms with Crippen LogP contribution in [0.15, 0.2) is 97.1 Å². The second kappa shape index (κ2) is 16.2. The van der Waals surface area contributed by atoms with Gasteiger partial charge in [-0.2, -0.15) is 0 Å². The van der Waals surface area contributed by atoms with Gasteiger partial charge in [0, 0.05) is 48.5 Å². The fourth-order valence-electron chi connectivity index (χ4n) is 5.93. The van der Waals surface area contributed by atoms with Crippen molar-refractivity contribution in [3.05, 3.63) is 131 Å². The summed E-state index contributed by atoms with van der Waals surface area (Å²) in [4.78, 5) is 35.5. The van der Waals surface area contributed by atoms with Gasteiger partial charge in [0.2, 0.25) is 0 Å². The minimum Gasteiger partial charge on any atom is -0.372 e. The number of ether oxygens (including phenoxy) is 2. The van der Waals surface area contributed by atoms with Crippen molar-refractivity contribution >= 4 is 11.9 Å². The van der Waals surface area contributed by atoms with E-state index in [9.17, 15) is 27.2 Å². The zero-order valence-corrected chi connectivity index (χ0v) is 26.9. The van der Waals surface area contributed by atoms with E-state index in [1.54, 1.807) is 24.3 Å². The summed E-state index contributed by atoms with van der Waals surface area (Å²) < 4.78 is 67.7. The van der Waals surface area contributed by atoms with Crippen molar-refractivity contribution in [2.75, 3.05) is 26.2 Å². The van der Waals surface area contributed by atoms with Crippen LogP contribution in [0.5, 0.6) is 0 Å². The van der Waals surface area contributed by atoms with Gasteiger partial charge in [-0.05, 0) is 59.4 Å². The largest absolute Gasteiger partial charge is 0.372 e. The summed E-state index contributed by atoms with van der Waals surface area (Å²) >= 11 is 0. The number of hydrogen-bond acceptors (Lipinski definition) is 8. The molecule has 12 heteroatoms.